The predicted molar refractivity (Wildman–Crippen MR) is 115 cm³/mol. The van der Waals surface area contributed by atoms with E-state index in [1.807, 2.05) is 71.6 Å². The second kappa shape index (κ2) is 11.7. The number of amides is 1. The molecule has 1 fully saturated rings. The monoisotopic (exact) mass is 452 g/mol. The molecule has 3 heterocycles. The summed E-state index contributed by atoms with van der Waals surface area (Å²) in [6.45, 7) is 0.722. The molecule has 1 aliphatic carbocycles. The lowest BCUT2D eigenvalue weighted by atomic mass is 10.2. The Labute approximate surface area is 192 Å². The summed E-state index contributed by atoms with van der Waals surface area (Å²) in [5.41, 5.74) is 2.70. The summed E-state index contributed by atoms with van der Waals surface area (Å²) in [5, 5.41) is 16.6. The van der Waals surface area contributed by atoms with Gasteiger partial charge in [-0.15, -0.1) is 0 Å². The maximum Gasteiger partial charge on any atom is 0.286 e. The molecule has 9 heteroatoms. The number of nitrogens with one attached hydrogen (secondary N) is 3. The van der Waals surface area contributed by atoms with E-state index in [4.69, 9.17) is 4.74 Å². The van der Waals surface area contributed by atoms with Gasteiger partial charge in [-0.1, -0.05) is 18.2 Å². The van der Waals surface area contributed by atoms with Crippen molar-refractivity contribution in [3.63, 3.8) is 0 Å². The smallest absolute Gasteiger partial charge is 0.286 e. The average molecular weight is 453 g/mol. The molecule has 0 unspecified atom stereocenters. The molecule has 32 heavy (non-hydrogen) atoms. The van der Waals surface area contributed by atoms with Crippen LogP contribution in [0.15, 0.2) is 79.4 Å². The number of aromatic nitrogens is 5. The van der Waals surface area contributed by atoms with Crippen LogP contribution in [0, 0.1) is 0 Å². The fraction of sp³-hybridized carbons (Fsp3) is 0.217. The number of aromatic amines is 2. The van der Waals surface area contributed by atoms with Crippen molar-refractivity contribution < 1.29 is 26.5 Å². The van der Waals surface area contributed by atoms with Crippen LogP contribution in [0.25, 0.3) is 11.3 Å². The van der Waals surface area contributed by atoms with Crippen molar-refractivity contribution in [2.24, 2.45) is 0 Å². The van der Waals surface area contributed by atoms with Gasteiger partial charge in [0.15, 0.2) is 12.4 Å². The molecule has 3 N–H and O–H groups in total. The molecule has 1 aliphatic rings. The summed E-state index contributed by atoms with van der Waals surface area (Å²) in [7, 11) is 0. The highest BCUT2D eigenvalue weighted by molar-refractivity contribution is 5.75. The minimum Gasteiger partial charge on any atom is -1.00 e. The zero-order valence-corrected chi connectivity index (χ0v) is 18.2. The summed E-state index contributed by atoms with van der Waals surface area (Å²) >= 11 is 0. The van der Waals surface area contributed by atoms with Gasteiger partial charge in [0.05, 0.1) is 11.3 Å². The number of pyridine rings is 1. The molecule has 0 aliphatic heterocycles. The highest BCUT2D eigenvalue weighted by Crippen LogP contribution is 2.19. The highest BCUT2D eigenvalue weighted by Gasteiger charge is 2.24. The number of benzene rings is 1. The van der Waals surface area contributed by atoms with Gasteiger partial charge in [-0.25, -0.2) is 0 Å². The van der Waals surface area contributed by atoms with Gasteiger partial charge in [0.1, 0.15) is 18.1 Å². The number of hydrogen-bond acceptors (Lipinski definition) is 4. The van der Waals surface area contributed by atoms with Crippen LogP contribution < -0.4 is 27.0 Å². The van der Waals surface area contributed by atoms with Gasteiger partial charge < -0.3 is 22.5 Å². The SMILES string of the molecule is O=C(C[n+]1cccc(-c2cc(COc3ccccc3)n[nH]2)c1)NC1CC1.[Cl-].c1cn[nH]c1. The maximum absolute atomic E-state index is 12.0. The van der Waals surface area contributed by atoms with Crippen molar-refractivity contribution in [3.05, 3.63) is 85.1 Å². The van der Waals surface area contributed by atoms with E-state index in [2.05, 4.69) is 25.7 Å². The van der Waals surface area contributed by atoms with E-state index in [1.54, 1.807) is 12.4 Å². The van der Waals surface area contributed by atoms with Crippen molar-refractivity contribution in [2.75, 3.05) is 0 Å². The third kappa shape index (κ3) is 7.24. The summed E-state index contributed by atoms with van der Waals surface area (Å²) < 4.78 is 7.60. The normalized spacial score (nSPS) is 12.1. The molecule has 0 bridgehead atoms. The van der Waals surface area contributed by atoms with Crippen LogP contribution in [0.1, 0.15) is 18.5 Å². The van der Waals surface area contributed by atoms with E-state index in [1.165, 1.54) is 0 Å². The van der Waals surface area contributed by atoms with Crippen LogP contribution in [0.2, 0.25) is 0 Å². The molecular weight excluding hydrogens is 428 g/mol. The Balaban J connectivity index is 0.000000427. The fourth-order valence-corrected chi connectivity index (χ4v) is 2.92. The van der Waals surface area contributed by atoms with Crippen LogP contribution in [0.4, 0.5) is 0 Å². The quantitative estimate of drug-likeness (QED) is 0.333. The van der Waals surface area contributed by atoms with Crippen LogP contribution in [0.3, 0.4) is 0 Å². The third-order valence-electron chi connectivity index (χ3n) is 4.60. The molecular formula is C23H25ClN6O2. The molecule has 8 nitrogen and oxygen atoms in total. The van der Waals surface area contributed by atoms with Crippen LogP contribution in [-0.2, 0) is 17.9 Å². The summed E-state index contributed by atoms with van der Waals surface area (Å²) in [6, 6.07) is 17.8. The van der Waals surface area contributed by atoms with E-state index < -0.39 is 0 Å². The lowest BCUT2D eigenvalue weighted by Gasteiger charge is -2.02. The summed E-state index contributed by atoms with van der Waals surface area (Å²) in [5.74, 6) is 0.868. The molecule has 3 aromatic heterocycles. The van der Waals surface area contributed by atoms with Gasteiger partial charge in [0.25, 0.3) is 5.91 Å². The van der Waals surface area contributed by atoms with Crippen LogP contribution in [0.5, 0.6) is 5.75 Å². The van der Waals surface area contributed by atoms with Gasteiger partial charge in [0, 0.05) is 24.5 Å². The standard InChI is InChI=1S/C20H20N4O2.C3H4N2.ClH/c25-20(21-16-8-9-16)13-24-10-4-5-15(12-24)19-11-17(22-23-19)14-26-18-6-2-1-3-7-18;1-2-4-5-3-1;/h1-7,10-12,16H,8-9,13-14H2,(H-,21,22,23,25);1-3H,(H,4,5);1H. The number of nitrogens with zero attached hydrogens (tertiary/aromatic N) is 3. The molecule has 0 spiro atoms. The van der Waals surface area contributed by atoms with E-state index in [9.17, 15) is 4.79 Å². The van der Waals surface area contributed by atoms with Crippen molar-refractivity contribution >= 4 is 5.91 Å². The minimum absolute atomic E-state index is 0. The molecule has 4 aromatic rings. The number of para-hydroxylation sites is 1. The first-order chi connectivity index (χ1) is 15.3. The molecule has 1 amide bonds. The zero-order valence-electron chi connectivity index (χ0n) is 17.4. The van der Waals surface area contributed by atoms with Crippen molar-refractivity contribution in [3.8, 4) is 17.0 Å². The number of H-pyrrole nitrogens is 2. The molecule has 0 atom stereocenters. The van der Waals surface area contributed by atoms with Gasteiger partial charge in [-0.2, -0.15) is 14.8 Å². The minimum atomic E-state index is 0. The Morgan fingerprint density at radius 2 is 2.00 bits per heavy atom. The molecule has 1 saturated carbocycles. The predicted octanol–water partition coefficient (Wildman–Crippen LogP) is -0.364. The topological polar surface area (TPSA) is 99.6 Å². The Hall–Kier alpha value is -3.65. The van der Waals surface area contributed by atoms with Gasteiger partial charge in [-0.05, 0) is 43.2 Å². The number of carbonyl (C=O) groups is 1. The van der Waals surface area contributed by atoms with E-state index >= 15 is 0 Å². The van der Waals surface area contributed by atoms with E-state index in [-0.39, 0.29) is 18.3 Å². The van der Waals surface area contributed by atoms with Crippen molar-refractivity contribution in [2.45, 2.75) is 32.0 Å². The first-order valence-electron chi connectivity index (χ1n) is 10.2. The third-order valence-corrected chi connectivity index (χ3v) is 4.60. The highest BCUT2D eigenvalue weighted by atomic mass is 35.5. The lowest BCUT2D eigenvalue weighted by molar-refractivity contribution is -0.684. The van der Waals surface area contributed by atoms with Crippen LogP contribution >= 0.6 is 0 Å². The van der Waals surface area contributed by atoms with Gasteiger partial charge in [-0.3, -0.25) is 15.0 Å². The molecule has 0 saturated heterocycles. The number of ether oxygens (including phenoxy) is 1. The zero-order chi connectivity index (χ0) is 21.3. The van der Waals surface area contributed by atoms with Gasteiger partial charge in [0.2, 0.25) is 6.54 Å². The number of hydrogen-bond donors (Lipinski definition) is 3. The lowest BCUT2D eigenvalue weighted by Crippen LogP contribution is -3.00. The molecule has 0 radical (unpaired) electrons. The van der Waals surface area contributed by atoms with E-state index in [0.29, 0.717) is 19.2 Å². The second-order valence-corrected chi connectivity index (χ2v) is 7.25. The Morgan fingerprint density at radius 1 is 1.16 bits per heavy atom. The number of halogens is 1. The van der Waals surface area contributed by atoms with Gasteiger partial charge >= 0.3 is 0 Å². The molecule has 166 valence electrons. The van der Waals surface area contributed by atoms with E-state index in [0.717, 1.165) is 35.5 Å². The summed E-state index contributed by atoms with van der Waals surface area (Å²) in [4.78, 5) is 12.0. The van der Waals surface area contributed by atoms with Crippen molar-refractivity contribution in [1.82, 2.24) is 25.7 Å². The second-order valence-electron chi connectivity index (χ2n) is 7.25. The molecule has 1 aromatic carbocycles. The first kappa shape index (κ1) is 23.0. The maximum atomic E-state index is 12.0. The Kier molecular flexibility index (Phi) is 8.39. The largest absolute Gasteiger partial charge is 1.00 e. The number of carbonyl (C=O) groups excluding carboxylic acids is 1. The number of rotatable bonds is 7. The molecule has 5 rings (SSSR count). The van der Waals surface area contributed by atoms with Crippen molar-refractivity contribution in [1.29, 1.82) is 0 Å². The Bertz CT molecular complexity index is 1060. The Morgan fingerprint density at radius 3 is 2.69 bits per heavy atom. The fourth-order valence-electron chi connectivity index (χ4n) is 2.92. The first-order valence-corrected chi connectivity index (χ1v) is 10.2. The van der Waals surface area contributed by atoms with Crippen LogP contribution in [-0.4, -0.2) is 32.3 Å². The average Bonchev–Trinajstić information content (AvgIpc) is 3.24. The summed E-state index contributed by atoms with van der Waals surface area (Å²) in [6.07, 6.45) is 9.49.